The van der Waals surface area contributed by atoms with Crippen LogP contribution in [0.3, 0.4) is 0 Å². The Morgan fingerprint density at radius 2 is 1.86 bits per heavy atom. The highest BCUT2D eigenvalue weighted by atomic mass is 16.5. The van der Waals surface area contributed by atoms with Crippen molar-refractivity contribution in [2.45, 2.75) is 18.9 Å². The van der Waals surface area contributed by atoms with Gasteiger partial charge in [-0.05, 0) is 25.0 Å². The van der Waals surface area contributed by atoms with E-state index in [0.29, 0.717) is 38.4 Å². The molecule has 2 saturated heterocycles. The topological polar surface area (TPSA) is 95.3 Å². The van der Waals surface area contributed by atoms with E-state index >= 15 is 0 Å². The fraction of sp³-hybridized carbons (Fsp3) is 0.440. The molecule has 3 aromatic rings. The summed E-state index contributed by atoms with van der Waals surface area (Å²) in [5.41, 5.74) is 3.52. The van der Waals surface area contributed by atoms with Crippen molar-refractivity contribution >= 4 is 29.0 Å². The second-order valence-corrected chi connectivity index (χ2v) is 9.12. The number of hydrogen-bond acceptors (Lipinski definition) is 7. The summed E-state index contributed by atoms with van der Waals surface area (Å²) < 4.78 is 7.44. The first kappa shape index (κ1) is 23.1. The lowest BCUT2D eigenvalue weighted by atomic mass is 10.1. The van der Waals surface area contributed by atoms with Crippen molar-refractivity contribution in [2.75, 3.05) is 63.6 Å². The molecule has 2 aromatic heterocycles. The summed E-state index contributed by atoms with van der Waals surface area (Å²) in [6.07, 6.45) is 6.65. The van der Waals surface area contributed by atoms with Crippen molar-refractivity contribution in [3.63, 3.8) is 0 Å². The third-order valence-electron chi connectivity index (χ3n) is 6.64. The first-order valence-corrected chi connectivity index (χ1v) is 12.0. The van der Waals surface area contributed by atoms with Crippen molar-refractivity contribution in [1.82, 2.24) is 24.2 Å². The molecule has 2 fully saturated rings. The van der Waals surface area contributed by atoms with Crippen LogP contribution in [0.15, 0.2) is 42.9 Å². The van der Waals surface area contributed by atoms with E-state index in [1.165, 1.54) is 0 Å². The average Bonchev–Trinajstić information content (AvgIpc) is 3.55. The van der Waals surface area contributed by atoms with Crippen LogP contribution in [-0.2, 0) is 14.3 Å². The van der Waals surface area contributed by atoms with Crippen molar-refractivity contribution in [1.29, 1.82) is 0 Å². The monoisotopic (exact) mass is 477 g/mol. The third-order valence-corrected chi connectivity index (χ3v) is 6.64. The predicted octanol–water partition coefficient (Wildman–Crippen LogP) is 1.72. The third kappa shape index (κ3) is 4.79. The van der Waals surface area contributed by atoms with E-state index in [0.717, 1.165) is 35.6 Å². The zero-order chi connectivity index (χ0) is 24.4. The van der Waals surface area contributed by atoms with E-state index in [-0.39, 0.29) is 24.5 Å². The molecule has 2 amide bonds. The second kappa shape index (κ2) is 9.91. The molecule has 10 heteroatoms. The molecule has 5 rings (SSSR count). The van der Waals surface area contributed by atoms with Crippen LogP contribution < -0.4 is 10.2 Å². The summed E-state index contributed by atoms with van der Waals surface area (Å²) in [6, 6.07) is 8.15. The van der Waals surface area contributed by atoms with Gasteiger partial charge in [-0.25, -0.2) is 4.98 Å². The Morgan fingerprint density at radius 1 is 1.11 bits per heavy atom. The van der Waals surface area contributed by atoms with Crippen molar-refractivity contribution in [3.05, 3.63) is 42.9 Å². The number of ether oxygens (including phenoxy) is 1. The maximum atomic E-state index is 13.0. The molecule has 35 heavy (non-hydrogen) atoms. The van der Waals surface area contributed by atoms with E-state index in [9.17, 15) is 9.59 Å². The lowest BCUT2D eigenvalue weighted by molar-refractivity contribution is -0.145. The Morgan fingerprint density at radius 3 is 2.54 bits per heavy atom. The van der Waals surface area contributed by atoms with Gasteiger partial charge in [0.1, 0.15) is 17.6 Å². The summed E-state index contributed by atoms with van der Waals surface area (Å²) >= 11 is 0. The molecule has 1 unspecified atom stereocenters. The fourth-order valence-electron chi connectivity index (χ4n) is 4.62. The molecule has 0 aliphatic carbocycles. The van der Waals surface area contributed by atoms with Crippen LogP contribution in [0.25, 0.3) is 16.9 Å². The Bertz CT molecular complexity index is 1190. The normalized spacial score (nSPS) is 18.2. The molecule has 0 bridgehead atoms. The summed E-state index contributed by atoms with van der Waals surface area (Å²) in [4.78, 5) is 40.2. The van der Waals surface area contributed by atoms with Gasteiger partial charge in [-0.1, -0.05) is 12.1 Å². The van der Waals surface area contributed by atoms with Crippen LogP contribution in [0.5, 0.6) is 0 Å². The van der Waals surface area contributed by atoms with E-state index < -0.39 is 0 Å². The van der Waals surface area contributed by atoms with Crippen LogP contribution in [0.4, 0.5) is 11.5 Å². The number of carbonyl (C=O) groups is 2. The minimum atomic E-state index is -0.311. The summed E-state index contributed by atoms with van der Waals surface area (Å²) in [5.74, 6) is 0.796. The van der Waals surface area contributed by atoms with Gasteiger partial charge in [0.15, 0.2) is 5.65 Å². The fourth-order valence-corrected chi connectivity index (χ4v) is 4.62. The molecule has 184 valence electrons. The number of hydrogen-bond donors (Lipinski definition) is 1. The summed E-state index contributed by atoms with van der Waals surface area (Å²) in [5, 5.41) is 3.32. The van der Waals surface area contributed by atoms with E-state index in [1.807, 2.05) is 63.7 Å². The molecule has 2 aliphatic rings. The van der Waals surface area contributed by atoms with Crippen LogP contribution in [0.1, 0.15) is 12.8 Å². The Balaban J connectivity index is 1.26. The molecule has 1 aromatic carbocycles. The van der Waals surface area contributed by atoms with Crippen molar-refractivity contribution in [2.24, 2.45) is 0 Å². The molecular formula is C25H31N7O3. The number of imidazole rings is 1. The van der Waals surface area contributed by atoms with Gasteiger partial charge in [0.2, 0.25) is 5.91 Å². The molecule has 0 saturated carbocycles. The van der Waals surface area contributed by atoms with E-state index in [2.05, 4.69) is 10.3 Å². The molecule has 4 heterocycles. The molecule has 0 spiro atoms. The highest BCUT2D eigenvalue weighted by Crippen LogP contribution is 2.29. The summed E-state index contributed by atoms with van der Waals surface area (Å²) in [7, 11) is 4.00. The standard InChI is InChI=1S/C25H31N7O3/c1-29(2)19-7-5-18(6-8-19)23-24(32-10-9-26-16-21(32)28-23)27-17-22(33)30-11-13-31(14-12-30)25(34)20-4-3-15-35-20/h5-10,16,20,27H,3-4,11-15,17H2,1-2H3. The number of nitrogens with one attached hydrogen (secondary N) is 1. The van der Waals surface area contributed by atoms with Gasteiger partial charge in [0, 0.05) is 70.5 Å². The van der Waals surface area contributed by atoms with Gasteiger partial charge in [-0.3, -0.25) is 19.0 Å². The number of rotatable bonds is 6. The minimum absolute atomic E-state index is 0.00729. The first-order chi connectivity index (χ1) is 17.0. The van der Waals surface area contributed by atoms with Gasteiger partial charge in [-0.2, -0.15) is 0 Å². The van der Waals surface area contributed by atoms with Gasteiger partial charge in [0.05, 0.1) is 12.7 Å². The number of piperazine rings is 1. The van der Waals surface area contributed by atoms with Gasteiger partial charge >= 0.3 is 0 Å². The number of aromatic nitrogens is 3. The molecule has 10 nitrogen and oxygen atoms in total. The van der Waals surface area contributed by atoms with Gasteiger partial charge in [0.25, 0.3) is 5.91 Å². The SMILES string of the molecule is CN(C)c1ccc(-c2nc3cnccn3c2NCC(=O)N2CCN(C(=O)C3CCCO3)CC2)cc1. The number of anilines is 2. The Hall–Kier alpha value is -3.66. The van der Waals surface area contributed by atoms with Crippen LogP contribution in [0, 0.1) is 0 Å². The van der Waals surface area contributed by atoms with Gasteiger partial charge < -0.3 is 24.8 Å². The second-order valence-electron chi connectivity index (χ2n) is 9.12. The predicted molar refractivity (Wildman–Crippen MR) is 133 cm³/mol. The van der Waals surface area contributed by atoms with Crippen LogP contribution in [0.2, 0.25) is 0 Å². The Labute approximate surface area is 204 Å². The lowest BCUT2D eigenvalue weighted by Crippen LogP contribution is -2.53. The minimum Gasteiger partial charge on any atom is -0.378 e. The average molecular weight is 478 g/mol. The molecule has 2 aliphatic heterocycles. The van der Waals surface area contributed by atoms with E-state index in [1.54, 1.807) is 12.4 Å². The first-order valence-electron chi connectivity index (χ1n) is 12.0. The number of amides is 2. The maximum Gasteiger partial charge on any atom is 0.251 e. The maximum absolute atomic E-state index is 13.0. The quantitative estimate of drug-likeness (QED) is 0.578. The van der Waals surface area contributed by atoms with Gasteiger partial charge in [-0.15, -0.1) is 0 Å². The zero-order valence-electron chi connectivity index (χ0n) is 20.2. The van der Waals surface area contributed by atoms with Crippen molar-refractivity contribution in [3.8, 4) is 11.3 Å². The molecular weight excluding hydrogens is 446 g/mol. The molecule has 1 N–H and O–H groups in total. The van der Waals surface area contributed by atoms with E-state index in [4.69, 9.17) is 9.72 Å². The zero-order valence-corrected chi connectivity index (χ0v) is 20.2. The largest absolute Gasteiger partial charge is 0.378 e. The number of carbonyl (C=O) groups excluding carboxylic acids is 2. The lowest BCUT2D eigenvalue weighted by Gasteiger charge is -2.35. The Kier molecular flexibility index (Phi) is 6.54. The highest BCUT2D eigenvalue weighted by Gasteiger charge is 2.31. The van der Waals surface area contributed by atoms with Crippen LogP contribution in [-0.4, -0.2) is 95.5 Å². The molecule has 1 atom stereocenters. The van der Waals surface area contributed by atoms with Crippen molar-refractivity contribution < 1.29 is 14.3 Å². The number of fused-ring (bicyclic) bond motifs is 1. The smallest absolute Gasteiger partial charge is 0.251 e. The van der Waals surface area contributed by atoms with Crippen LogP contribution >= 0.6 is 0 Å². The highest BCUT2D eigenvalue weighted by molar-refractivity contribution is 5.85. The number of benzene rings is 1. The number of nitrogens with zero attached hydrogens (tertiary/aromatic N) is 6. The molecule has 0 radical (unpaired) electrons. The summed E-state index contributed by atoms with van der Waals surface area (Å²) in [6.45, 7) is 2.91.